The lowest BCUT2D eigenvalue weighted by molar-refractivity contribution is -0.149. The van der Waals surface area contributed by atoms with Crippen LogP contribution < -0.4 is 10.3 Å². The number of piperidine rings is 1. The normalized spacial score (nSPS) is 19.6. The Morgan fingerprint density at radius 2 is 1.86 bits per heavy atom. The summed E-state index contributed by atoms with van der Waals surface area (Å²) in [7, 11) is 0. The summed E-state index contributed by atoms with van der Waals surface area (Å²) in [5.41, 5.74) is 3.41. The van der Waals surface area contributed by atoms with Crippen molar-refractivity contribution >= 4 is 22.6 Å². The van der Waals surface area contributed by atoms with E-state index in [2.05, 4.69) is 31.0 Å². The van der Waals surface area contributed by atoms with Crippen molar-refractivity contribution in [2.24, 2.45) is 11.3 Å². The SMILES string of the molecule is Cc1cccc(C)c1-c1c[nH]c(=O)c2cc(O[C@H](C)C(=O)N3CCC[C@@H](C4(C(=O)O)CC4)C3)ccc12. The molecule has 1 amide bonds. The molecule has 2 aliphatic rings. The third-order valence-electron chi connectivity index (χ3n) is 8.01. The first-order valence-corrected chi connectivity index (χ1v) is 12.6. The molecule has 2 aromatic carbocycles. The molecule has 7 nitrogen and oxygen atoms in total. The number of fused-ring (bicyclic) bond motifs is 1. The van der Waals surface area contributed by atoms with E-state index in [4.69, 9.17) is 4.74 Å². The van der Waals surface area contributed by atoms with Crippen LogP contribution >= 0.6 is 0 Å². The number of rotatable bonds is 6. The molecule has 1 saturated heterocycles. The van der Waals surface area contributed by atoms with Crippen LogP contribution in [0.5, 0.6) is 5.75 Å². The Bertz CT molecular complexity index is 1380. The molecule has 2 N–H and O–H groups in total. The number of carbonyl (C=O) groups is 2. The number of carboxylic acid groups (broad SMARTS) is 1. The smallest absolute Gasteiger partial charge is 0.309 e. The fourth-order valence-electron chi connectivity index (χ4n) is 5.83. The Hall–Kier alpha value is -3.61. The van der Waals surface area contributed by atoms with Crippen LogP contribution in [0.1, 0.15) is 43.7 Å². The second kappa shape index (κ2) is 9.12. The summed E-state index contributed by atoms with van der Waals surface area (Å²) < 4.78 is 6.01. The number of ether oxygens (including phenoxy) is 1. The van der Waals surface area contributed by atoms with Crippen LogP contribution in [0.15, 0.2) is 47.4 Å². The van der Waals surface area contributed by atoms with Crippen LogP contribution in [-0.2, 0) is 9.59 Å². The number of likely N-dealkylation sites (tertiary alicyclic amines) is 1. The van der Waals surface area contributed by atoms with Gasteiger partial charge in [-0.25, -0.2) is 0 Å². The van der Waals surface area contributed by atoms with Gasteiger partial charge in [0.25, 0.3) is 11.5 Å². The summed E-state index contributed by atoms with van der Waals surface area (Å²) in [4.78, 5) is 42.3. The van der Waals surface area contributed by atoms with Crippen LogP contribution in [0.2, 0.25) is 0 Å². The predicted molar refractivity (Wildman–Crippen MR) is 138 cm³/mol. The largest absolute Gasteiger partial charge is 0.481 e. The average molecular weight is 489 g/mol. The quantitative estimate of drug-likeness (QED) is 0.525. The number of pyridine rings is 1. The van der Waals surface area contributed by atoms with Crippen LogP contribution in [0.25, 0.3) is 21.9 Å². The average Bonchev–Trinajstić information content (AvgIpc) is 3.67. The lowest BCUT2D eigenvalue weighted by Gasteiger charge is -2.37. The molecule has 5 rings (SSSR count). The first-order chi connectivity index (χ1) is 17.2. The van der Waals surface area contributed by atoms with Gasteiger partial charge in [0.05, 0.1) is 10.8 Å². The maximum absolute atomic E-state index is 13.2. The summed E-state index contributed by atoms with van der Waals surface area (Å²) >= 11 is 0. The minimum Gasteiger partial charge on any atom is -0.481 e. The number of nitrogens with zero attached hydrogens (tertiary/aromatic N) is 1. The topological polar surface area (TPSA) is 99.7 Å². The summed E-state index contributed by atoms with van der Waals surface area (Å²) in [6.45, 7) is 6.87. The third kappa shape index (κ3) is 4.16. The van der Waals surface area contributed by atoms with Crippen LogP contribution in [0.3, 0.4) is 0 Å². The highest BCUT2D eigenvalue weighted by atomic mass is 16.5. The van der Waals surface area contributed by atoms with Crippen molar-refractivity contribution in [2.45, 2.75) is 52.6 Å². The standard InChI is InChI=1S/C29H32N2O5/c1-17-6-4-7-18(2)25(17)24-15-30-26(32)23-14-21(9-10-22(23)24)36-19(3)27(33)31-13-5-8-20(16-31)29(11-12-29)28(34)35/h4,6-7,9-10,14-15,19-20H,5,8,11-13,16H2,1-3H3,(H,30,32)(H,34,35)/t19-,20-/m1/s1. The Morgan fingerprint density at radius 1 is 1.14 bits per heavy atom. The fourth-order valence-corrected chi connectivity index (χ4v) is 5.83. The molecule has 1 saturated carbocycles. The lowest BCUT2D eigenvalue weighted by atomic mass is 9.82. The Balaban J connectivity index is 1.37. The van der Waals surface area contributed by atoms with Gasteiger partial charge in [0.1, 0.15) is 5.75 Å². The predicted octanol–water partition coefficient (Wildman–Crippen LogP) is 4.68. The number of amides is 1. The number of aromatic nitrogens is 1. The summed E-state index contributed by atoms with van der Waals surface area (Å²) in [6, 6.07) is 11.5. The van der Waals surface area contributed by atoms with E-state index in [0.717, 1.165) is 40.5 Å². The van der Waals surface area contributed by atoms with Gasteiger partial charge >= 0.3 is 5.97 Å². The van der Waals surface area contributed by atoms with Gasteiger partial charge in [0.2, 0.25) is 0 Å². The number of hydrogen-bond donors (Lipinski definition) is 2. The van der Waals surface area contributed by atoms with E-state index in [1.54, 1.807) is 30.2 Å². The van der Waals surface area contributed by atoms with E-state index in [1.807, 2.05) is 12.1 Å². The highest BCUT2D eigenvalue weighted by molar-refractivity contribution is 5.97. The van der Waals surface area contributed by atoms with Gasteiger partial charge < -0.3 is 19.7 Å². The molecule has 2 atom stereocenters. The van der Waals surface area contributed by atoms with Crippen molar-refractivity contribution in [3.05, 3.63) is 64.1 Å². The Morgan fingerprint density at radius 3 is 2.53 bits per heavy atom. The van der Waals surface area contributed by atoms with Gasteiger partial charge in [-0.15, -0.1) is 0 Å². The molecule has 0 spiro atoms. The van der Waals surface area contributed by atoms with E-state index in [1.165, 1.54) is 0 Å². The first-order valence-electron chi connectivity index (χ1n) is 12.6. The van der Waals surface area contributed by atoms with Crippen molar-refractivity contribution < 1.29 is 19.4 Å². The molecule has 7 heteroatoms. The van der Waals surface area contributed by atoms with Gasteiger partial charge in [-0.1, -0.05) is 18.2 Å². The molecule has 188 valence electrons. The molecule has 1 aromatic heterocycles. The monoisotopic (exact) mass is 488 g/mol. The molecule has 2 fully saturated rings. The van der Waals surface area contributed by atoms with E-state index in [0.29, 0.717) is 37.1 Å². The van der Waals surface area contributed by atoms with Crippen molar-refractivity contribution in [1.29, 1.82) is 0 Å². The molecular formula is C29H32N2O5. The van der Waals surface area contributed by atoms with Crippen molar-refractivity contribution in [2.75, 3.05) is 13.1 Å². The molecule has 0 radical (unpaired) electrons. The van der Waals surface area contributed by atoms with Gasteiger partial charge in [-0.05, 0) is 92.6 Å². The third-order valence-corrected chi connectivity index (χ3v) is 8.01. The number of benzene rings is 2. The molecular weight excluding hydrogens is 456 g/mol. The highest BCUT2D eigenvalue weighted by Gasteiger charge is 2.56. The highest BCUT2D eigenvalue weighted by Crippen LogP contribution is 2.54. The maximum Gasteiger partial charge on any atom is 0.309 e. The number of H-pyrrole nitrogens is 1. The van der Waals surface area contributed by atoms with Crippen LogP contribution in [0.4, 0.5) is 0 Å². The van der Waals surface area contributed by atoms with Crippen LogP contribution in [0, 0.1) is 25.2 Å². The summed E-state index contributed by atoms with van der Waals surface area (Å²) in [5, 5.41) is 11.0. The lowest BCUT2D eigenvalue weighted by Crippen LogP contribution is -2.48. The number of carbonyl (C=O) groups excluding carboxylic acids is 1. The second-order valence-electron chi connectivity index (χ2n) is 10.4. The van der Waals surface area contributed by atoms with E-state index in [9.17, 15) is 19.5 Å². The zero-order valence-electron chi connectivity index (χ0n) is 21.0. The Labute approximate surface area is 210 Å². The van der Waals surface area contributed by atoms with Gasteiger partial charge in [-0.2, -0.15) is 0 Å². The van der Waals surface area contributed by atoms with Gasteiger partial charge in [-0.3, -0.25) is 14.4 Å². The number of hydrogen-bond acceptors (Lipinski definition) is 4. The zero-order valence-corrected chi connectivity index (χ0v) is 21.0. The molecule has 3 aromatic rings. The van der Waals surface area contributed by atoms with E-state index in [-0.39, 0.29) is 17.4 Å². The van der Waals surface area contributed by atoms with Crippen molar-refractivity contribution in [3.63, 3.8) is 0 Å². The maximum atomic E-state index is 13.2. The minimum absolute atomic E-state index is 0.0116. The number of carboxylic acids is 1. The van der Waals surface area contributed by atoms with Gasteiger partial charge in [0, 0.05) is 24.8 Å². The van der Waals surface area contributed by atoms with Crippen LogP contribution in [-0.4, -0.2) is 46.1 Å². The van der Waals surface area contributed by atoms with Crippen molar-refractivity contribution in [1.82, 2.24) is 9.88 Å². The number of aliphatic carboxylic acids is 1. The van der Waals surface area contributed by atoms with Crippen molar-refractivity contribution in [3.8, 4) is 16.9 Å². The van der Waals surface area contributed by atoms with Gasteiger partial charge in [0.15, 0.2) is 6.10 Å². The number of nitrogens with one attached hydrogen (secondary N) is 1. The summed E-state index contributed by atoms with van der Waals surface area (Å²) in [6.07, 6.45) is 4.02. The molecule has 36 heavy (non-hydrogen) atoms. The van der Waals surface area contributed by atoms with E-state index >= 15 is 0 Å². The first kappa shape index (κ1) is 24.1. The summed E-state index contributed by atoms with van der Waals surface area (Å²) in [5.74, 6) is -0.459. The van der Waals surface area contributed by atoms with E-state index < -0.39 is 17.5 Å². The molecule has 0 unspecified atom stereocenters. The second-order valence-corrected chi connectivity index (χ2v) is 10.4. The molecule has 1 aliphatic heterocycles. The minimum atomic E-state index is -0.748. The molecule has 0 bridgehead atoms. The Kier molecular flexibility index (Phi) is 6.10. The molecule has 1 aliphatic carbocycles. The number of aromatic amines is 1. The zero-order chi connectivity index (χ0) is 25.6. The fraction of sp³-hybridized carbons (Fsp3) is 0.414. The number of aryl methyl sites for hydroxylation is 2. The molecule has 2 heterocycles.